The Balaban J connectivity index is 1.54. The Bertz CT molecular complexity index is 587. The molecule has 104 valence electrons. The van der Waals surface area contributed by atoms with Crippen LogP contribution < -0.4 is 14.8 Å². The van der Waals surface area contributed by atoms with Gasteiger partial charge in [-0.25, -0.2) is 0 Å². The SMILES string of the molecule is Oc1cc2c(cc1CNCCc1ccncc1)OCO2. The molecule has 5 nitrogen and oxygen atoms in total. The molecule has 0 bridgehead atoms. The van der Waals surface area contributed by atoms with Crippen LogP contribution in [-0.4, -0.2) is 23.4 Å². The Hall–Kier alpha value is -2.27. The minimum atomic E-state index is 0.216. The maximum Gasteiger partial charge on any atom is 0.231 e. The number of aromatic hydroxyl groups is 1. The van der Waals surface area contributed by atoms with Gasteiger partial charge < -0.3 is 19.9 Å². The number of aromatic nitrogens is 1. The second kappa shape index (κ2) is 5.79. The van der Waals surface area contributed by atoms with Crippen molar-refractivity contribution in [3.05, 3.63) is 47.8 Å². The predicted octanol–water partition coefficient (Wildman–Crippen LogP) is 1.85. The van der Waals surface area contributed by atoms with Crippen LogP contribution in [-0.2, 0) is 13.0 Å². The Morgan fingerprint density at radius 3 is 2.70 bits per heavy atom. The summed E-state index contributed by atoms with van der Waals surface area (Å²) in [7, 11) is 0. The minimum absolute atomic E-state index is 0.216. The molecular formula is C15H16N2O3. The zero-order chi connectivity index (χ0) is 13.8. The molecule has 0 radical (unpaired) electrons. The Labute approximate surface area is 117 Å². The van der Waals surface area contributed by atoms with Crippen molar-refractivity contribution in [1.29, 1.82) is 0 Å². The number of phenolic OH excluding ortho intramolecular Hbond substituents is 1. The van der Waals surface area contributed by atoms with Gasteiger partial charge in [0.05, 0.1) is 0 Å². The number of rotatable bonds is 5. The van der Waals surface area contributed by atoms with Crippen LogP contribution >= 0.6 is 0 Å². The predicted molar refractivity (Wildman–Crippen MR) is 73.9 cm³/mol. The number of ether oxygens (including phenoxy) is 2. The summed E-state index contributed by atoms with van der Waals surface area (Å²) in [5.41, 5.74) is 2.05. The molecule has 0 spiro atoms. The topological polar surface area (TPSA) is 63.6 Å². The van der Waals surface area contributed by atoms with Gasteiger partial charge in [-0.1, -0.05) is 0 Å². The largest absolute Gasteiger partial charge is 0.507 e. The maximum absolute atomic E-state index is 9.91. The van der Waals surface area contributed by atoms with Gasteiger partial charge in [-0.05, 0) is 36.7 Å². The van der Waals surface area contributed by atoms with Crippen molar-refractivity contribution in [3.63, 3.8) is 0 Å². The summed E-state index contributed by atoms with van der Waals surface area (Å²) in [4.78, 5) is 3.99. The summed E-state index contributed by atoms with van der Waals surface area (Å²) in [6.45, 7) is 1.64. The molecule has 3 rings (SSSR count). The van der Waals surface area contributed by atoms with Gasteiger partial charge in [-0.2, -0.15) is 0 Å². The number of hydrogen-bond acceptors (Lipinski definition) is 5. The number of fused-ring (bicyclic) bond motifs is 1. The van der Waals surface area contributed by atoms with E-state index in [-0.39, 0.29) is 12.5 Å². The van der Waals surface area contributed by atoms with Gasteiger partial charge in [-0.15, -0.1) is 0 Å². The van der Waals surface area contributed by atoms with Crippen LogP contribution in [0.5, 0.6) is 17.2 Å². The fourth-order valence-corrected chi connectivity index (χ4v) is 2.12. The highest BCUT2D eigenvalue weighted by molar-refractivity contribution is 5.51. The van der Waals surface area contributed by atoms with E-state index in [0.717, 1.165) is 18.5 Å². The van der Waals surface area contributed by atoms with Gasteiger partial charge in [-0.3, -0.25) is 4.98 Å². The van der Waals surface area contributed by atoms with E-state index in [9.17, 15) is 5.11 Å². The Kier molecular flexibility index (Phi) is 3.69. The van der Waals surface area contributed by atoms with Gasteiger partial charge in [0.15, 0.2) is 11.5 Å². The van der Waals surface area contributed by atoms with Crippen molar-refractivity contribution < 1.29 is 14.6 Å². The summed E-state index contributed by atoms with van der Waals surface area (Å²) < 4.78 is 10.5. The summed E-state index contributed by atoms with van der Waals surface area (Å²) >= 11 is 0. The monoisotopic (exact) mass is 272 g/mol. The molecule has 2 aromatic rings. The van der Waals surface area contributed by atoms with E-state index < -0.39 is 0 Å². The molecule has 0 saturated carbocycles. The van der Waals surface area contributed by atoms with Gasteiger partial charge in [0.1, 0.15) is 5.75 Å². The van der Waals surface area contributed by atoms with E-state index in [1.807, 2.05) is 18.2 Å². The summed E-state index contributed by atoms with van der Waals surface area (Å²) in [6.07, 6.45) is 4.51. The zero-order valence-corrected chi connectivity index (χ0v) is 11.0. The molecule has 2 N–H and O–H groups in total. The smallest absolute Gasteiger partial charge is 0.231 e. The third kappa shape index (κ3) is 2.83. The first-order valence-corrected chi connectivity index (χ1v) is 6.54. The van der Waals surface area contributed by atoms with Crippen molar-refractivity contribution in [2.24, 2.45) is 0 Å². The number of benzene rings is 1. The van der Waals surface area contributed by atoms with Crippen LogP contribution in [0.25, 0.3) is 0 Å². The van der Waals surface area contributed by atoms with E-state index in [4.69, 9.17) is 9.47 Å². The highest BCUT2D eigenvalue weighted by atomic mass is 16.7. The Morgan fingerprint density at radius 1 is 1.15 bits per heavy atom. The molecule has 2 heterocycles. The average molecular weight is 272 g/mol. The fraction of sp³-hybridized carbons (Fsp3) is 0.267. The summed E-state index contributed by atoms with van der Waals surface area (Å²) in [5.74, 6) is 1.52. The minimum Gasteiger partial charge on any atom is -0.507 e. The van der Waals surface area contributed by atoms with Crippen LogP contribution in [0.1, 0.15) is 11.1 Å². The lowest BCUT2D eigenvalue weighted by Gasteiger charge is -2.08. The quantitative estimate of drug-likeness (QED) is 0.813. The first kappa shape index (κ1) is 12.7. The first-order valence-electron chi connectivity index (χ1n) is 6.54. The van der Waals surface area contributed by atoms with Gasteiger partial charge in [0.25, 0.3) is 0 Å². The molecule has 5 heteroatoms. The van der Waals surface area contributed by atoms with Crippen molar-refractivity contribution in [2.45, 2.75) is 13.0 Å². The highest BCUT2D eigenvalue weighted by Crippen LogP contribution is 2.37. The number of phenols is 1. The van der Waals surface area contributed by atoms with E-state index in [1.165, 1.54) is 5.56 Å². The highest BCUT2D eigenvalue weighted by Gasteiger charge is 2.16. The molecule has 0 saturated heterocycles. The van der Waals surface area contributed by atoms with Crippen molar-refractivity contribution >= 4 is 0 Å². The van der Waals surface area contributed by atoms with Gasteiger partial charge >= 0.3 is 0 Å². The molecule has 1 aromatic heterocycles. The number of hydrogen-bond donors (Lipinski definition) is 2. The zero-order valence-electron chi connectivity index (χ0n) is 11.0. The standard InChI is InChI=1S/C15H16N2O3/c18-13-8-15-14(19-10-20-15)7-12(13)9-17-6-3-11-1-4-16-5-2-11/h1-2,4-5,7-8,17-18H,3,6,9-10H2. The molecular weight excluding hydrogens is 256 g/mol. The molecule has 0 amide bonds. The third-order valence-electron chi connectivity index (χ3n) is 3.23. The van der Waals surface area contributed by atoms with Gasteiger partial charge in [0.2, 0.25) is 6.79 Å². The van der Waals surface area contributed by atoms with Gasteiger partial charge in [0, 0.05) is 30.6 Å². The van der Waals surface area contributed by atoms with E-state index in [2.05, 4.69) is 10.3 Å². The molecule has 1 aliphatic rings. The molecule has 1 aliphatic heterocycles. The van der Waals surface area contributed by atoms with Crippen LogP contribution in [0, 0.1) is 0 Å². The van der Waals surface area contributed by atoms with E-state index in [0.29, 0.717) is 18.0 Å². The molecule has 1 aromatic carbocycles. The van der Waals surface area contributed by atoms with E-state index in [1.54, 1.807) is 18.5 Å². The second-order valence-electron chi connectivity index (χ2n) is 4.62. The third-order valence-corrected chi connectivity index (χ3v) is 3.23. The lowest BCUT2D eigenvalue weighted by Crippen LogP contribution is -2.16. The Morgan fingerprint density at radius 2 is 1.90 bits per heavy atom. The molecule has 0 atom stereocenters. The molecule has 0 unspecified atom stereocenters. The summed E-state index contributed by atoms with van der Waals surface area (Å²) in [6, 6.07) is 7.42. The van der Waals surface area contributed by atoms with Crippen molar-refractivity contribution in [2.75, 3.05) is 13.3 Å². The molecule has 20 heavy (non-hydrogen) atoms. The maximum atomic E-state index is 9.91. The van der Waals surface area contributed by atoms with E-state index >= 15 is 0 Å². The lowest BCUT2D eigenvalue weighted by molar-refractivity contribution is 0.174. The second-order valence-corrected chi connectivity index (χ2v) is 4.62. The fourth-order valence-electron chi connectivity index (χ4n) is 2.12. The average Bonchev–Trinajstić information content (AvgIpc) is 2.91. The lowest BCUT2D eigenvalue weighted by atomic mass is 10.1. The number of nitrogens with one attached hydrogen (secondary N) is 1. The van der Waals surface area contributed by atoms with Crippen LogP contribution in [0.4, 0.5) is 0 Å². The summed E-state index contributed by atoms with van der Waals surface area (Å²) in [5, 5.41) is 13.2. The van der Waals surface area contributed by atoms with Crippen LogP contribution in [0.15, 0.2) is 36.7 Å². The number of pyridine rings is 1. The van der Waals surface area contributed by atoms with Crippen LogP contribution in [0.2, 0.25) is 0 Å². The number of nitrogens with zero attached hydrogens (tertiary/aromatic N) is 1. The first-order chi connectivity index (χ1) is 9.83. The molecule has 0 aliphatic carbocycles. The van der Waals surface area contributed by atoms with Crippen molar-refractivity contribution in [1.82, 2.24) is 10.3 Å². The molecule has 0 fully saturated rings. The normalized spacial score (nSPS) is 12.6. The van der Waals surface area contributed by atoms with Crippen molar-refractivity contribution in [3.8, 4) is 17.2 Å². The van der Waals surface area contributed by atoms with Crippen LogP contribution in [0.3, 0.4) is 0 Å².